The average Bonchev–Trinajstić information content (AvgIpc) is 2.29. The Labute approximate surface area is 106 Å². The zero-order chi connectivity index (χ0) is 14.1. The molecule has 0 aromatic heterocycles. The van der Waals surface area contributed by atoms with E-state index in [0.717, 1.165) is 0 Å². The zero-order valence-electron chi connectivity index (χ0n) is 10.6. The number of carboxylic acid groups (broad SMARTS) is 1. The Morgan fingerprint density at radius 1 is 1.33 bits per heavy atom. The maximum absolute atomic E-state index is 11.6. The van der Waals surface area contributed by atoms with Crippen LogP contribution in [0, 0.1) is 5.92 Å². The third-order valence-electron chi connectivity index (χ3n) is 2.18. The van der Waals surface area contributed by atoms with Crippen LogP contribution in [0.5, 0.6) is 0 Å². The Balaban J connectivity index is 4.33. The minimum atomic E-state index is -1.24. The molecule has 0 aliphatic carbocycles. The predicted molar refractivity (Wildman–Crippen MR) is 63.7 cm³/mol. The van der Waals surface area contributed by atoms with Crippen LogP contribution < -0.4 is 11.1 Å². The fraction of sp³-hybridized carbons (Fsp3) is 0.727. The summed E-state index contributed by atoms with van der Waals surface area (Å²) in [5.41, 5.74) is 5.27. The van der Waals surface area contributed by atoms with E-state index >= 15 is 0 Å². The van der Waals surface area contributed by atoms with Gasteiger partial charge in [-0.2, -0.15) is 0 Å². The van der Waals surface area contributed by atoms with Crippen LogP contribution in [-0.4, -0.2) is 42.1 Å². The van der Waals surface area contributed by atoms with E-state index in [1.54, 1.807) is 13.8 Å². The molecule has 0 rings (SSSR count). The number of nitrogens with one attached hydrogen (secondary N) is 1. The number of aliphatic carboxylic acids is 1. The summed E-state index contributed by atoms with van der Waals surface area (Å²) in [5.74, 6) is -2.46. The first-order chi connectivity index (χ1) is 8.38. The van der Waals surface area contributed by atoms with E-state index < -0.39 is 24.6 Å². The van der Waals surface area contributed by atoms with Crippen molar-refractivity contribution in [1.29, 1.82) is 0 Å². The lowest BCUT2D eigenvalue weighted by Gasteiger charge is -2.20. The fourth-order valence-corrected chi connectivity index (χ4v) is 1.23. The van der Waals surface area contributed by atoms with Crippen molar-refractivity contribution in [3.05, 3.63) is 0 Å². The number of hydrogen-bond donors (Lipinski definition) is 3. The summed E-state index contributed by atoms with van der Waals surface area (Å²) in [7, 11) is 0. The Morgan fingerprint density at radius 2 is 1.94 bits per heavy atom. The highest BCUT2D eigenvalue weighted by Crippen LogP contribution is 2.05. The fourth-order valence-electron chi connectivity index (χ4n) is 1.23. The third-order valence-corrected chi connectivity index (χ3v) is 2.18. The quantitative estimate of drug-likeness (QED) is 0.506. The second-order valence-corrected chi connectivity index (χ2v) is 4.18. The van der Waals surface area contributed by atoms with Gasteiger partial charge in [-0.25, -0.2) is 9.59 Å². The Hall–Kier alpha value is -1.63. The van der Waals surface area contributed by atoms with Gasteiger partial charge in [0.05, 0.1) is 0 Å². The molecular weight excluding hydrogens is 240 g/mol. The van der Waals surface area contributed by atoms with Crippen LogP contribution in [0.1, 0.15) is 26.7 Å². The van der Waals surface area contributed by atoms with E-state index in [-0.39, 0.29) is 18.2 Å². The highest BCUT2D eigenvalue weighted by Gasteiger charge is 2.25. The molecule has 0 saturated carbocycles. The Bertz CT molecular complexity index is 304. The van der Waals surface area contributed by atoms with Crippen molar-refractivity contribution >= 4 is 17.8 Å². The average molecular weight is 260 g/mol. The van der Waals surface area contributed by atoms with Crippen molar-refractivity contribution in [1.82, 2.24) is 5.32 Å². The van der Waals surface area contributed by atoms with E-state index in [1.165, 1.54) is 0 Å². The topological polar surface area (TPSA) is 119 Å². The van der Waals surface area contributed by atoms with Gasteiger partial charge in [0.15, 0.2) is 6.61 Å². The van der Waals surface area contributed by atoms with Crippen LogP contribution in [0.15, 0.2) is 0 Å². The normalized spacial score (nSPS) is 12.0. The van der Waals surface area contributed by atoms with Crippen molar-refractivity contribution < 1.29 is 24.2 Å². The standard InChI is InChI=1S/C11H20N2O5/c1-7(2)10(11(17)18-6-9(15)16)13-8(14)4-3-5-12/h7,10H,3-6,12H2,1-2H3,(H,13,14)(H,15,16)/t10-/m0/s1. The number of amides is 1. The van der Waals surface area contributed by atoms with Crippen LogP contribution in [0.3, 0.4) is 0 Å². The van der Waals surface area contributed by atoms with E-state index in [1.807, 2.05) is 0 Å². The maximum atomic E-state index is 11.6. The number of carbonyl (C=O) groups excluding carboxylic acids is 2. The van der Waals surface area contributed by atoms with Gasteiger partial charge >= 0.3 is 11.9 Å². The first-order valence-electron chi connectivity index (χ1n) is 5.76. The van der Waals surface area contributed by atoms with E-state index in [4.69, 9.17) is 10.8 Å². The summed E-state index contributed by atoms with van der Waals surface area (Å²) in [5, 5.41) is 10.9. The molecule has 0 aliphatic heterocycles. The molecule has 0 unspecified atom stereocenters. The number of nitrogens with two attached hydrogens (primary N) is 1. The molecule has 0 saturated heterocycles. The summed E-state index contributed by atoms with van der Waals surface area (Å²) in [6, 6.07) is -0.838. The van der Waals surface area contributed by atoms with Gasteiger partial charge in [0, 0.05) is 6.42 Å². The van der Waals surface area contributed by atoms with E-state index in [0.29, 0.717) is 13.0 Å². The first kappa shape index (κ1) is 16.4. The van der Waals surface area contributed by atoms with Crippen LogP contribution >= 0.6 is 0 Å². The second-order valence-electron chi connectivity index (χ2n) is 4.18. The summed E-state index contributed by atoms with van der Waals surface area (Å²) >= 11 is 0. The summed E-state index contributed by atoms with van der Waals surface area (Å²) in [4.78, 5) is 33.3. The lowest BCUT2D eigenvalue weighted by molar-refractivity contribution is -0.158. The van der Waals surface area contributed by atoms with Gasteiger partial charge in [0.25, 0.3) is 0 Å². The molecule has 0 aromatic carbocycles. The minimum absolute atomic E-state index is 0.187. The zero-order valence-corrected chi connectivity index (χ0v) is 10.6. The van der Waals surface area contributed by atoms with Crippen molar-refractivity contribution in [2.45, 2.75) is 32.7 Å². The molecule has 7 heteroatoms. The molecule has 0 aliphatic rings. The summed E-state index contributed by atoms with van der Waals surface area (Å²) < 4.78 is 4.55. The van der Waals surface area contributed by atoms with Crippen molar-refractivity contribution in [3.63, 3.8) is 0 Å². The molecule has 0 fully saturated rings. The second kappa shape index (κ2) is 8.46. The number of ether oxygens (including phenoxy) is 1. The van der Waals surface area contributed by atoms with Crippen LogP contribution in [0.4, 0.5) is 0 Å². The summed E-state index contributed by atoms with van der Waals surface area (Å²) in [6.45, 7) is 3.15. The summed E-state index contributed by atoms with van der Waals surface area (Å²) in [6.07, 6.45) is 0.757. The molecular formula is C11H20N2O5. The SMILES string of the molecule is CC(C)[C@H](NC(=O)CCCN)C(=O)OCC(=O)O. The Kier molecular flexibility index (Phi) is 7.69. The lowest BCUT2D eigenvalue weighted by atomic mass is 10.0. The number of rotatable bonds is 8. The number of carbonyl (C=O) groups is 3. The van der Waals surface area contributed by atoms with Gasteiger partial charge < -0.3 is 20.9 Å². The van der Waals surface area contributed by atoms with Gasteiger partial charge in [-0.15, -0.1) is 0 Å². The van der Waals surface area contributed by atoms with Crippen molar-refractivity contribution in [2.75, 3.05) is 13.2 Å². The molecule has 0 aromatic rings. The van der Waals surface area contributed by atoms with Crippen LogP contribution in [-0.2, 0) is 19.1 Å². The van der Waals surface area contributed by atoms with E-state index in [2.05, 4.69) is 10.1 Å². The molecule has 104 valence electrons. The molecule has 0 bridgehead atoms. The number of hydrogen-bond acceptors (Lipinski definition) is 5. The maximum Gasteiger partial charge on any atom is 0.341 e. The molecule has 0 radical (unpaired) electrons. The molecule has 0 heterocycles. The van der Waals surface area contributed by atoms with Gasteiger partial charge in [-0.3, -0.25) is 4.79 Å². The van der Waals surface area contributed by atoms with Crippen LogP contribution in [0.25, 0.3) is 0 Å². The van der Waals surface area contributed by atoms with Gasteiger partial charge in [0.1, 0.15) is 6.04 Å². The molecule has 4 N–H and O–H groups in total. The monoisotopic (exact) mass is 260 g/mol. The largest absolute Gasteiger partial charge is 0.479 e. The van der Waals surface area contributed by atoms with E-state index in [9.17, 15) is 14.4 Å². The minimum Gasteiger partial charge on any atom is -0.479 e. The Morgan fingerprint density at radius 3 is 2.39 bits per heavy atom. The molecule has 1 atom stereocenters. The van der Waals surface area contributed by atoms with Crippen LogP contribution in [0.2, 0.25) is 0 Å². The van der Waals surface area contributed by atoms with Gasteiger partial charge in [-0.1, -0.05) is 13.8 Å². The molecule has 1 amide bonds. The third kappa shape index (κ3) is 6.85. The smallest absolute Gasteiger partial charge is 0.341 e. The highest BCUT2D eigenvalue weighted by molar-refractivity contribution is 5.85. The first-order valence-corrected chi connectivity index (χ1v) is 5.76. The number of carboxylic acids is 1. The molecule has 7 nitrogen and oxygen atoms in total. The van der Waals surface area contributed by atoms with Crippen molar-refractivity contribution in [2.24, 2.45) is 11.7 Å². The predicted octanol–water partition coefficient (Wildman–Crippen LogP) is -0.506. The van der Waals surface area contributed by atoms with Crippen molar-refractivity contribution in [3.8, 4) is 0 Å². The van der Waals surface area contributed by atoms with Gasteiger partial charge in [-0.05, 0) is 18.9 Å². The molecule has 18 heavy (non-hydrogen) atoms. The molecule has 0 spiro atoms. The number of esters is 1. The lowest BCUT2D eigenvalue weighted by Crippen LogP contribution is -2.45. The highest BCUT2D eigenvalue weighted by atomic mass is 16.6. The van der Waals surface area contributed by atoms with Gasteiger partial charge in [0.2, 0.25) is 5.91 Å².